The van der Waals surface area contributed by atoms with E-state index >= 15 is 0 Å². The summed E-state index contributed by atoms with van der Waals surface area (Å²) >= 11 is 0. The smallest absolute Gasteiger partial charge is 0.321 e. The fourth-order valence-corrected chi connectivity index (χ4v) is 3.20. The molecule has 6 nitrogen and oxygen atoms in total. The molecule has 0 atom stereocenters. The number of methoxy groups -OCH3 is 1. The van der Waals surface area contributed by atoms with Crippen molar-refractivity contribution in [3.63, 3.8) is 0 Å². The minimum absolute atomic E-state index is 0.0657. The Balaban J connectivity index is 1.57. The van der Waals surface area contributed by atoms with Crippen LogP contribution in [0.3, 0.4) is 0 Å². The van der Waals surface area contributed by atoms with E-state index in [-0.39, 0.29) is 11.4 Å². The predicted molar refractivity (Wildman–Crippen MR) is 74.3 cm³/mol. The Bertz CT molecular complexity index is 469. The maximum Gasteiger partial charge on any atom is 0.321 e. The molecule has 108 valence electrons. The highest BCUT2D eigenvalue weighted by Gasteiger charge is 2.52. The van der Waals surface area contributed by atoms with Crippen LogP contribution >= 0.6 is 0 Å². The first kappa shape index (κ1) is 13.3. The second-order valence-electron chi connectivity index (χ2n) is 5.84. The summed E-state index contributed by atoms with van der Waals surface area (Å²) in [6, 6.07) is 1.67. The number of anilines is 1. The highest BCUT2D eigenvalue weighted by Crippen LogP contribution is 2.48. The van der Waals surface area contributed by atoms with Gasteiger partial charge in [0.1, 0.15) is 0 Å². The Hall–Kier alpha value is -1.69. The molecule has 1 saturated heterocycles. The molecule has 0 unspecified atom stereocenters. The van der Waals surface area contributed by atoms with Crippen LogP contribution in [0.15, 0.2) is 18.5 Å². The van der Waals surface area contributed by atoms with Crippen LogP contribution in [-0.2, 0) is 4.74 Å². The topological polar surface area (TPSA) is 67.3 Å². The van der Waals surface area contributed by atoms with Crippen molar-refractivity contribution in [3.05, 3.63) is 18.5 Å². The minimum atomic E-state index is -0.0657. The summed E-state index contributed by atoms with van der Waals surface area (Å²) in [5.74, 6) is 0.717. The van der Waals surface area contributed by atoms with Crippen molar-refractivity contribution in [3.8, 4) is 0 Å². The molecule has 1 aliphatic carbocycles. The zero-order chi connectivity index (χ0) is 14.0. The molecule has 1 N–H and O–H groups in total. The first-order chi connectivity index (χ1) is 9.73. The van der Waals surface area contributed by atoms with Crippen LogP contribution in [0.5, 0.6) is 0 Å². The van der Waals surface area contributed by atoms with Crippen LogP contribution < -0.4 is 5.32 Å². The molecule has 1 aromatic heterocycles. The quantitative estimate of drug-likeness (QED) is 0.910. The summed E-state index contributed by atoms with van der Waals surface area (Å²) in [6.45, 7) is 2.32. The van der Waals surface area contributed by atoms with Gasteiger partial charge in [0.2, 0.25) is 0 Å². The van der Waals surface area contributed by atoms with Gasteiger partial charge in [-0.3, -0.25) is 0 Å². The van der Waals surface area contributed by atoms with Gasteiger partial charge in [-0.1, -0.05) is 6.42 Å². The number of ether oxygens (including phenoxy) is 1. The van der Waals surface area contributed by atoms with Gasteiger partial charge in [-0.2, -0.15) is 10.2 Å². The number of rotatable bonds is 4. The van der Waals surface area contributed by atoms with Crippen LogP contribution in [0.25, 0.3) is 0 Å². The number of carbonyl (C=O) groups excluding carboxylic acids is 1. The van der Waals surface area contributed by atoms with Crippen LogP contribution in [0.1, 0.15) is 19.3 Å². The minimum Gasteiger partial charge on any atom is -0.384 e. The van der Waals surface area contributed by atoms with E-state index in [4.69, 9.17) is 4.74 Å². The highest BCUT2D eigenvalue weighted by molar-refractivity contribution is 5.89. The number of nitrogens with one attached hydrogen (secondary N) is 1. The predicted octanol–water partition coefficient (Wildman–Crippen LogP) is 1.76. The third-order valence-electron chi connectivity index (χ3n) is 4.54. The van der Waals surface area contributed by atoms with E-state index in [0.717, 1.165) is 19.7 Å². The SMILES string of the molecule is COCC1(C2CCC2)CN(C(=O)Nc2ccnnc2)C1. The van der Waals surface area contributed by atoms with Crippen LogP contribution in [-0.4, -0.2) is 47.9 Å². The van der Waals surface area contributed by atoms with E-state index in [1.165, 1.54) is 19.3 Å². The highest BCUT2D eigenvalue weighted by atomic mass is 16.5. The summed E-state index contributed by atoms with van der Waals surface area (Å²) in [6.07, 6.45) is 6.96. The van der Waals surface area contributed by atoms with Gasteiger partial charge in [0.15, 0.2) is 0 Å². The van der Waals surface area contributed by atoms with Crippen molar-refractivity contribution in [2.75, 3.05) is 32.1 Å². The van der Waals surface area contributed by atoms with Gasteiger partial charge in [-0.05, 0) is 24.8 Å². The molecule has 2 amide bonds. The van der Waals surface area contributed by atoms with Gasteiger partial charge < -0.3 is 15.0 Å². The molecule has 0 bridgehead atoms. The van der Waals surface area contributed by atoms with Crippen molar-refractivity contribution in [2.24, 2.45) is 11.3 Å². The number of aromatic nitrogens is 2. The number of urea groups is 1. The van der Waals surface area contributed by atoms with Gasteiger partial charge in [0, 0.05) is 25.6 Å². The van der Waals surface area contributed by atoms with E-state index in [9.17, 15) is 4.79 Å². The third kappa shape index (κ3) is 2.35. The molecule has 2 aliphatic rings. The van der Waals surface area contributed by atoms with E-state index in [2.05, 4.69) is 15.5 Å². The molecule has 2 fully saturated rings. The van der Waals surface area contributed by atoms with Crippen molar-refractivity contribution in [2.45, 2.75) is 19.3 Å². The lowest BCUT2D eigenvalue weighted by atomic mass is 9.61. The number of carbonyl (C=O) groups is 1. The lowest BCUT2D eigenvalue weighted by Crippen LogP contribution is -2.65. The summed E-state index contributed by atoms with van der Waals surface area (Å²) in [4.78, 5) is 14.0. The second kappa shape index (κ2) is 5.36. The van der Waals surface area contributed by atoms with Crippen molar-refractivity contribution in [1.29, 1.82) is 0 Å². The van der Waals surface area contributed by atoms with Crippen molar-refractivity contribution >= 4 is 11.7 Å². The molecule has 20 heavy (non-hydrogen) atoms. The fourth-order valence-electron chi connectivity index (χ4n) is 3.20. The molecule has 1 aromatic rings. The molecule has 0 radical (unpaired) electrons. The molecule has 1 aliphatic heterocycles. The first-order valence-electron chi connectivity index (χ1n) is 7.05. The fraction of sp³-hybridized carbons (Fsp3) is 0.643. The largest absolute Gasteiger partial charge is 0.384 e. The van der Waals surface area contributed by atoms with Crippen LogP contribution in [0.2, 0.25) is 0 Å². The molecule has 1 saturated carbocycles. The number of hydrogen-bond donors (Lipinski definition) is 1. The van der Waals surface area contributed by atoms with Crippen molar-refractivity contribution in [1.82, 2.24) is 15.1 Å². The van der Waals surface area contributed by atoms with Gasteiger partial charge in [0.25, 0.3) is 0 Å². The zero-order valence-electron chi connectivity index (χ0n) is 11.7. The Morgan fingerprint density at radius 2 is 2.30 bits per heavy atom. The second-order valence-corrected chi connectivity index (χ2v) is 5.84. The lowest BCUT2D eigenvalue weighted by molar-refractivity contribution is -0.0920. The molecular formula is C14H20N4O2. The van der Waals surface area contributed by atoms with Crippen LogP contribution in [0.4, 0.5) is 10.5 Å². The van der Waals surface area contributed by atoms with Gasteiger partial charge in [0.05, 0.1) is 24.7 Å². The summed E-state index contributed by atoms with van der Waals surface area (Å²) in [7, 11) is 1.74. The zero-order valence-corrected chi connectivity index (χ0v) is 11.7. The monoisotopic (exact) mass is 276 g/mol. The molecule has 3 rings (SSSR count). The average Bonchev–Trinajstić information content (AvgIpc) is 2.34. The maximum atomic E-state index is 12.1. The van der Waals surface area contributed by atoms with E-state index in [1.807, 2.05) is 4.90 Å². The Kier molecular flexibility index (Phi) is 3.56. The van der Waals surface area contributed by atoms with E-state index in [1.54, 1.807) is 25.6 Å². The number of nitrogens with zero attached hydrogens (tertiary/aromatic N) is 3. The molecule has 0 aromatic carbocycles. The standard InChI is InChI=1S/C14H20N4O2/c1-20-10-14(11-3-2-4-11)8-18(9-14)13(19)17-12-5-6-15-16-7-12/h5-7,11H,2-4,8-10H2,1H3,(H,15,17,19). The molecule has 2 heterocycles. The van der Waals surface area contributed by atoms with E-state index in [0.29, 0.717) is 11.6 Å². The molecule has 0 spiro atoms. The van der Waals surface area contributed by atoms with Gasteiger partial charge in [-0.25, -0.2) is 4.79 Å². The average molecular weight is 276 g/mol. The summed E-state index contributed by atoms with van der Waals surface area (Å²) in [5, 5.41) is 10.3. The lowest BCUT2D eigenvalue weighted by Gasteiger charge is -2.56. The number of amides is 2. The normalized spacial score (nSPS) is 20.9. The molecule has 6 heteroatoms. The first-order valence-corrected chi connectivity index (χ1v) is 7.05. The Morgan fingerprint density at radius 1 is 1.50 bits per heavy atom. The third-order valence-corrected chi connectivity index (χ3v) is 4.54. The summed E-state index contributed by atoms with van der Waals surface area (Å²) < 4.78 is 5.38. The Morgan fingerprint density at radius 3 is 2.85 bits per heavy atom. The number of likely N-dealkylation sites (tertiary alicyclic amines) is 1. The van der Waals surface area contributed by atoms with Crippen molar-refractivity contribution < 1.29 is 9.53 Å². The van der Waals surface area contributed by atoms with Crippen LogP contribution in [0, 0.1) is 11.3 Å². The number of hydrogen-bond acceptors (Lipinski definition) is 4. The van der Waals surface area contributed by atoms with E-state index < -0.39 is 0 Å². The maximum absolute atomic E-state index is 12.1. The molecular weight excluding hydrogens is 256 g/mol. The van der Waals surface area contributed by atoms with Gasteiger partial charge in [-0.15, -0.1) is 0 Å². The van der Waals surface area contributed by atoms with Gasteiger partial charge >= 0.3 is 6.03 Å². The summed E-state index contributed by atoms with van der Waals surface area (Å²) in [5.41, 5.74) is 0.860. The Labute approximate surface area is 118 Å².